The number of rotatable bonds is 12. The van der Waals surface area contributed by atoms with Crippen LogP contribution in [0.2, 0.25) is 5.02 Å². The van der Waals surface area contributed by atoms with Crippen LogP contribution in [0.25, 0.3) is 0 Å². The van der Waals surface area contributed by atoms with Gasteiger partial charge < -0.3 is 19.7 Å². The lowest BCUT2D eigenvalue weighted by Crippen LogP contribution is -2.52. The first-order valence-corrected chi connectivity index (χ1v) is 14.8. The Morgan fingerprint density at radius 2 is 1.51 bits per heavy atom. The maximum Gasteiger partial charge on any atom is 0.264 e. The van der Waals surface area contributed by atoms with Crippen LogP contribution in [0.5, 0.6) is 11.5 Å². The lowest BCUT2D eigenvalue weighted by molar-refractivity contribution is -0.139. The van der Waals surface area contributed by atoms with E-state index in [1.54, 1.807) is 19.1 Å². The highest BCUT2D eigenvalue weighted by Crippen LogP contribution is 2.32. The molecule has 3 rings (SSSR count). The summed E-state index contributed by atoms with van der Waals surface area (Å²) in [5, 5.41) is 3.24. The molecule has 0 aliphatic carbocycles. The van der Waals surface area contributed by atoms with Gasteiger partial charge >= 0.3 is 0 Å². The Labute approximate surface area is 247 Å². The number of carbonyl (C=O) groups is 2. The van der Waals surface area contributed by atoms with Gasteiger partial charge in [-0.25, -0.2) is 8.42 Å². The number of aryl methyl sites for hydroxylation is 1. The Morgan fingerprint density at radius 1 is 0.902 bits per heavy atom. The molecule has 41 heavy (non-hydrogen) atoms. The van der Waals surface area contributed by atoms with Gasteiger partial charge in [-0.1, -0.05) is 41.4 Å². The SMILES string of the molecule is COc1ccc(S(=O)(=O)N(CC(=O)N(Cc2ccc(C)cc2)C(C)C(=O)NC(C)C)c2ccc(Cl)cc2)cc1OC. The van der Waals surface area contributed by atoms with E-state index in [9.17, 15) is 18.0 Å². The lowest BCUT2D eigenvalue weighted by atomic mass is 10.1. The Kier molecular flexibility index (Phi) is 10.6. The van der Waals surface area contributed by atoms with E-state index in [4.69, 9.17) is 21.1 Å². The van der Waals surface area contributed by atoms with Crippen molar-refractivity contribution in [3.63, 3.8) is 0 Å². The zero-order valence-corrected chi connectivity index (χ0v) is 25.6. The van der Waals surface area contributed by atoms with Crippen LogP contribution in [0, 0.1) is 6.92 Å². The minimum atomic E-state index is -4.29. The first kappa shape index (κ1) is 31.8. The van der Waals surface area contributed by atoms with Gasteiger partial charge in [0.05, 0.1) is 24.8 Å². The van der Waals surface area contributed by atoms with E-state index in [2.05, 4.69) is 5.32 Å². The van der Waals surface area contributed by atoms with Crippen LogP contribution in [-0.2, 0) is 26.2 Å². The van der Waals surface area contributed by atoms with Gasteiger partial charge in [-0.2, -0.15) is 0 Å². The number of amides is 2. The summed E-state index contributed by atoms with van der Waals surface area (Å²) in [6, 6.07) is 16.9. The van der Waals surface area contributed by atoms with Crippen LogP contribution in [0.4, 0.5) is 5.69 Å². The first-order valence-electron chi connectivity index (χ1n) is 13.0. The summed E-state index contributed by atoms with van der Waals surface area (Å²) < 4.78 is 39.6. The van der Waals surface area contributed by atoms with Crippen molar-refractivity contribution >= 4 is 39.1 Å². The first-order chi connectivity index (χ1) is 19.4. The van der Waals surface area contributed by atoms with E-state index in [-0.39, 0.29) is 34.8 Å². The number of methoxy groups -OCH3 is 2. The quantitative estimate of drug-likeness (QED) is 0.320. The molecule has 0 bridgehead atoms. The van der Waals surface area contributed by atoms with Gasteiger partial charge in [0.25, 0.3) is 10.0 Å². The fraction of sp³-hybridized carbons (Fsp3) is 0.333. The normalized spacial score (nSPS) is 12.0. The fourth-order valence-electron chi connectivity index (χ4n) is 4.12. The number of benzene rings is 3. The molecule has 0 saturated carbocycles. The average molecular weight is 602 g/mol. The van der Waals surface area contributed by atoms with E-state index < -0.39 is 28.5 Å². The largest absolute Gasteiger partial charge is 0.493 e. The molecule has 0 aromatic heterocycles. The van der Waals surface area contributed by atoms with Crippen molar-refractivity contribution in [2.24, 2.45) is 0 Å². The highest BCUT2D eigenvalue weighted by Gasteiger charge is 2.33. The molecule has 9 nitrogen and oxygen atoms in total. The van der Waals surface area contributed by atoms with Crippen molar-refractivity contribution in [2.75, 3.05) is 25.1 Å². The maximum absolute atomic E-state index is 14.0. The number of hydrogen-bond donors (Lipinski definition) is 1. The highest BCUT2D eigenvalue weighted by molar-refractivity contribution is 7.92. The molecule has 3 aromatic rings. The Balaban J connectivity index is 2.06. The predicted molar refractivity (Wildman–Crippen MR) is 160 cm³/mol. The number of ether oxygens (including phenoxy) is 2. The number of anilines is 1. The zero-order chi connectivity index (χ0) is 30.3. The molecule has 3 aromatic carbocycles. The standard InChI is InChI=1S/C30H36ClN3O6S/c1-20(2)32-30(36)22(4)33(18-23-9-7-21(3)8-10-23)29(35)19-34(25-13-11-24(31)12-14-25)41(37,38)26-15-16-27(39-5)28(17-26)40-6/h7-17,20,22H,18-19H2,1-6H3,(H,32,36). The third-order valence-corrected chi connectivity index (χ3v) is 8.43. The topological polar surface area (TPSA) is 105 Å². The minimum absolute atomic E-state index is 0.103. The van der Waals surface area contributed by atoms with E-state index in [0.717, 1.165) is 15.4 Å². The molecule has 0 spiro atoms. The van der Waals surface area contributed by atoms with Crippen LogP contribution in [0.3, 0.4) is 0 Å². The van der Waals surface area contributed by atoms with Gasteiger partial charge in [0.1, 0.15) is 12.6 Å². The monoisotopic (exact) mass is 601 g/mol. The number of halogens is 1. The van der Waals surface area contributed by atoms with Gasteiger partial charge in [-0.05, 0) is 69.7 Å². The second-order valence-electron chi connectivity index (χ2n) is 9.85. The smallest absolute Gasteiger partial charge is 0.264 e. The lowest BCUT2D eigenvalue weighted by Gasteiger charge is -2.32. The minimum Gasteiger partial charge on any atom is -0.493 e. The van der Waals surface area contributed by atoms with Crippen molar-refractivity contribution in [1.82, 2.24) is 10.2 Å². The molecule has 0 aliphatic heterocycles. The molecule has 0 saturated heterocycles. The van der Waals surface area contributed by atoms with Gasteiger partial charge in [0.2, 0.25) is 11.8 Å². The summed E-state index contributed by atoms with van der Waals surface area (Å²) in [4.78, 5) is 28.3. The summed E-state index contributed by atoms with van der Waals surface area (Å²) in [7, 11) is -1.44. The van der Waals surface area contributed by atoms with Gasteiger partial charge in [0, 0.05) is 23.7 Å². The summed E-state index contributed by atoms with van der Waals surface area (Å²) in [6.07, 6.45) is 0. The van der Waals surface area contributed by atoms with Crippen LogP contribution in [0.15, 0.2) is 71.6 Å². The van der Waals surface area contributed by atoms with E-state index in [0.29, 0.717) is 10.8 Å². The van der Waals surface area contributed by atoms with Crippen molar-refractivity contribution in [3.05, 3.63) is 82.9 Å². The molecule has 0 aliphatic rings. The molecule has 2 amide bonds. The van der Waals surface area contributed by atoms with E-state index >= 15 is 0 Å². The maximum atomic E-state index is 14.0. The molecule has 0 heterocycles. The molecule has 1 unspecified atom stereocenters. The molecular formula is C30H36ClN3O6S. The summed E-state index contributed by atoms with van der Waals surface area (Å²) >= 11 is 6.08. The van der Waals surface area contributed by atoms with Crippen molar-refractivity contribution in [1.29, 1.82) is 0 Å². The van der Waals surface area contributed by atoms with E-state index in [1.165, 1.54) is 49.5 Å². The van der Waals surface area contributed by atoms with Crippen LogP contribution in [-0.4, -0.2) is 58.0 Å². The molecule has 1 atom stereocenters. The second-order valence-corrected chi connectivity index (χ2v) is 12.2. The number of sulfonamides is 1. The number of nitrogens with zero attached hydrogens (tertiary/aromatic N) is 2. The summed E-state index contributed by atoms with van der Waals surface area (Å²) in [5.41, 5.74) is 2.08. The number of nitrogens with one attached hydrogen (secondary N) is 1. The Morgan fingerprint density at radius 3 is 2.07 bits per heavy atom. The predicted octanol–water partition coefficient (Wildman–Crippen LogP) is 4.80. The van der Waals surface area contributed by atoms with E-state index in [1.807, 2.05) is 45.0 Å². The highest BCUT2D eigenvalue weighted by atomic mass is 35.5. The number of hydrogen-bond acceptors (Lipinski definition) is 6. The Bertz CT molecular complexity index is 1460. The molecule has 0 radical (unpaired) electrons. The molecular weight excluding hydrogens is 566 g/mol. The molecule has 0 fully saturated rings. The van der Waals surface area contributed by atoms with Crippen LogP contribution < -0.4 is 19.1 Å². The fourth-order valence-corrected chi connectivity index (χ4v) is 5.67. The van der Waals surface area contributed by atoms with Gasteiger partial charge in [0.15, 0.2) is 11.5 Å². The van der Waals surface area contributed by atoms with Crippen molar-refractivity contribution < 1.29 is 27.5 Å². The van der Waals surface area contributed by atoms with Gasteiger partial charge in [-0.15, -0.1) is 0 Å². The zero-order valence-electron chi connectivity index (χ0n) is 24.0. The molecule has 1 N–H and O–H groups in total. The number of carbonyl (C=O) groups excluding carboxylic acids is 2. The molecule has 11 heteroatoms. The Hall–Kier alpha value is -3.76. The van der Waals surface area contributed by atoms with Crippen LogP contribution >= 0.6 is 11.6 Å². The van der Waals surface area contributed by atoms with Gasteiger partial charge in [-0.3, -0.25) is 13.9 Å². The second kappa shape index (κ2) is 13.7. The third kappa shape index (κ3) is 7.92. The molecule has 220 valence electrons. The third-order valence-electron chi connectivity index (χ3n) is 6.41. The van der Waals surface area contributed by atoms with Crippen LogP contribution in [0.1, 0.15) is 31.9 Å². The van der Waals surface area contributed by atoms with Crippen molar-refractivity contribution in [2.45, 2.75) is 51.2 Å². The average Bonchev–Trinajstić information content (AvgIpc) is 2.94. The summed E-state index contributed by atoms with van der Waals surface area (Å²) in [5.74, 6) is -0.331. The summed E-state index contributed by atoms with van der Waals surface area (Å²) in [6.45, 7) is 6.78. The van der Waals surface area contributed by atoms with Crippen molar-refractivity contribution in [3.8, 4) is 11.5 Å².